The second-order valence-corrected chi connectivity index (χ2v) is 33.6. The number of aliphatic imine (C=N–C) groups is 2. The van der Waals surface area contributed by atoms with E-state index in [1.54, 1.807) is 9.80 Å². The van der Waals surface area contributed by atoms with Gasteiger partial charge in [0.1, 0.15) is 48.0 Å². The molecule has 8 aromatic rings. The zero-order chi connectivity index (χ0) is 79.6. The number of carbonyl (C=O) groups excluding carboxylic acids is 4. The van der Waals surface area contributed by atoms with Gasteiger partial charge in [-0.15, -0.1) is 0 Å². The number of alkyl halides is 4. The number of ether oxygens (including phenoxy) is 7. The number of carbonyl (C=O) groups is 4. The molecule has 598 valence electrons. The summed E-state index contributed by atoms with van der Waals surface area (Å²) < 4.78 is 89.6. The van der Waals surface area contributed by atoms with Crippen LogP contribution in [-0.4, -0.2) is 166 Å². The third-order valence-electron chi connectivity index (χ3n) is 24.1. The van der Waals surface area contributed by atoms with Crippen molar-refractivity contribution in [2.45, 2.75) is 207 Å². The van der Waals surface area contributed by atoms with Gasteiger partial charge in [0.2, 0.25) is 5.91 Å². The van der Waals surface area contributed by atoms with Crippen LogP contribution in [0.4, 0.5) is 43.3 Å². The number of alkyl carbamates (subject to hydrolysis) is 2. The summed E-state index contributed by atoms with van der Waals surface area (Å²) in [6, 6.07) is 28.2. The third-order valence-corrected chi connectivity index (χ3v) is 24.1. The third kappa shape index (κ3) is 16.2. The molecule has 6 aromatic carbocycles. The van der Waals surface area contributed by atoms with Gasteiger partial charge in [0.15, 0.2) is 0 Å². The van der Waals surface area contributed by atoms with Crippen LogP contribution in [0.2, 0.25) is 0 Å². The van der Waals surface area contributed by atoms with Crippen LogP contribution in [0.1, 0.15) is 160 Å². The summed E-state index contributed by atoms with van der Waals surface area (Å²) in [7, 11) is 2.63. The Morgan fingerprint density at radius 2 is 1.12 bits per heavy atom. The van der Waals surface area contributed by atoms with Crippen molar-refractivity contribution in [3.8, 4) is 56.3 Å². The molecular weight excluding hydrogens is 1450 g/mol. The van der Waals surface area contributed by atoms with E-state index in [0.29, 0.717) is 50.9 Å². The van der Waals surface area contributed by atoms with Crippen molar-refractivity contribution in [1.82, 2.24) is 45.3 Å². The van der Waals surface area contributed by atoms with Crippen LogP contribution in [0.5, 0.6) is 11.5 Å². The topological polar surface area (TPSA) is 249 Å². The van der Waals surface area contributed by atoms with Crippen LogP contribution in [0.15, 0.2) is 107 Å². The maximum absolute atomic E-state index is 14.1. The Kier molecular flexibility index (Phi) is 22.3. The highest BCUT2D eigenvalue weighted by atomic mass is 19.3. The van der Waals surface area contributed by atoms with Crippen molar-refractivity contribution in [3.63, 3.8) is 0 Å². The van der Waals surface area contributed by atoms with Gasteiger partial charge in [-0.05, 0) is 212 Å². The van der Waals surface area contributed by atoms with Gasteiger partial charge in [0.25, 0.3) is 0 Å². The summed E-state index contributed by atoms with van der Waals surface area (Å²) >= 11 is 0. The Bertz CT molecular complexity index is 5010. The Morgan fingerprint density at radius 1 is 0.593 bits per heavy atom. The lowest BCUT2D eigenvalue weighted by molar-refractivity contribution is -0.139. The van der Waals surface area contributed by atoms with E-state index < -0.39 is 49.2 Å². The molecule has 26 heteroatoms. The number of aromatic nitrogens is 4. The molecule has 22 nitrogen and oxygen atoms in total. The molecule has 4 fully saturated rings. The highest BCUT2D eigenvalue weighted by Crippen LogP contribution is 2.49. The molecule has 8 aliphatic rings. The molecule has 11 atom stereocenters. The number of fused-ring (bicyclic) bond motifs is 12. The SMILES string of the molecule is COC(=O)N[C@@H](C(C)C)C(C)N1[C@@H](C)CC[C@H]1c1ncc(-c2ccc3c(c2)COc2cc4c5c(ccc4cc2-3)N=C([C@@H]2C[C@H](COC(F)F)CN2C(=O)[C@@H](NC(=O)OC)C(C)C)C5)[nH]1.C[C@H]1CC[C@@H](c2ncc(-c3ccc4c(c3)COc3cc5c6c(ccc5cc3-4)N=C([C@@H]3C[C@H](COC(F)F)CN3C(=O)OC(C)(C)C)C6)[nH]2)C1. The fraction of sp³-hybridized carbons (Fsp3) is 0.494. The Balaban J connectivity index is 0.000000184. The summed E-state index contributed by atoms with van der Waals surface area (Å²) in [4.78, 5) is 84.5. The van der Waals surface area contributed by atoms with Crippen molar-refractivity contribution in [1.29, 1.82) is 0 Å². The molecule has 9 heterocycles. The lowest BCUT2D eigenvalue weighted by Crippen LogP contribution is -2.54. The number of aromatic amines is 2. The normalized spacial score (nSPS) is 22.4. The molecule has 7 aliphatic heterocycles. The number of imidazole rings is 2. The molecule has 0 radical (unpaired) electrons. The summed E-state index contributed by atoms with van der Waals surface area (Å²) in [6.45, 7) is 15.2. The van der Waals surface area contributed by atoms with Gasteiger partial charge in [-0.2, -0.15) is 17.6 Å². The van der Waals surface area contributed by atoms with Gasteiger partial charge in [0, 0.05) is 84.4 Å². The minimum absolute atomic E-state index is 0.0483. The molecule has 2 aromatic heterocycles. The van der Waals surface area contributed by atoms with Crippen molar-refractivity contribution in [2.75, 3.05) is 40.5 Å². The average Bonchev–Trinajstić information content (AvgIpc) is 1.70. The number of H-pyrrole nitrogens is 2. The molecule has 0 bridgehead atoms. The van der Waals surface area contributed by atoms with E-state index >= 15 is 0 Å². The molecule has 3 saturated heterocycles. The number of nitrogens with zero attached hydrogens (tertiary/aromatic N) is 7. The Morgan fingerprint density at radius 3 is 1.62 bits per heavy atom. The largest absolute Gasteiger partial charge is 0.488 e. The van der Waals surface area contributed by atoms with Crippen LogP contribution >= 0.6 is 0 Å². The van der Waals surface area contributed by atoms with E-state index in [4.69, 9.17) is 48.4 Å². The minimum Gasteiger partial charge on any atom is -0.488 e. The molecule has 1 aliphatic carbocycles. The van der Waals surface area contributed by atoms with E-state index in [2.05, 4.69) is 132 Å². The number of rotatable bonds is 19. The Labute approximate surface area is 655 Å². The number of halogens is 4. The number of hydrogen-bond acceptors (Lipinski definition) is 16. The molecule has 1 unspecified atom stereocenters. The number of hydrogen-bond donors (Lipinski definition) is 4. The average molecular weight is 1550 g/mol. The summed E-state index contributed by atoms with van der Waals surface area (Å²) in [5.74, 6) is 3.88. The first-order chi connectivity index (χ1) is 54.1. The van der Waals surface area contributed by atoms with Gasteiger partial charge in [-0.25, -0.2) is 24.4 Å². The van der Waals surface area contributed by atoms with E-state index in [1.807, 2.05) is 65.2 Å². The maximum atomic E-state index is 14.1. The van der Waals surface area contributed by atoms with E-state index in [0.717, 1.165) is 153 Å². The number of nitrogens with one attached hydrogen (secondary N) is 4. The number of amides is 4. The minimum atomic E-state index is -2.92. The Hall–Kier alpha value is -9.92. The first-order valence-corrected chi connectivity index (χ1v) is 39.7. The van der Waals surface area contributed by atoms with Crippen LogP contribution in [-0.2, 0) is 54.5 Å². The highest BCUT2D eigenvalue weighted by Gasteiger charge is 2.46. The fourth-order valence-electron chi connectivity index (χ4n) is 18.6. The predicted octanol–water partition coefficient (Wildman–Crippen LogP) is 17.7. The van der Waals surface area contributed by atoms with Gasteiger partial charge in [-0.3, -0.25) is 24.6 Å². The maximum Gasteiger partial charge on any atom is 0.410 e. The summed E-state index contributed by atoms with van der Waals surface area (Å²) in [6.07, 6.45) is 9.74. The number of benzene rings is 6. The number of likely N-dealkylation sites (tertiary alicyclic amines) is 3. The van der Waals surface area contributed by atoms with Crippen LogP contribution in [0.3, 0.4) is 0 Å². The van der Waals surface area contributed by atoms with Gasteiger partial charge >= 0.3 is 31.5 Å². The van der Waals surface area contributed by atoms with E-state index in [1.165, 1.54) is 33.5 Å². The van der Waals surface area contributed by atoms with Crippen LogP contribution in [0.25, 0.3) is 66.3 Å². The lowest BCUT2D eigenvalue weighted by Gasteiger charge is -2.39. The predicted molar refractivity (Wildman–Crippen MR) is 423 cm³/mol. The zero-order valence-electron chi connectivity index (χ0n) is 66.1. The van der Waals surface area contributed by atoms with Crippen molar-refractivity contribution >= 4 is 68.5 Å². The monoisotopic (exact) mass is 1550 g/mol. The number of methoxy groups -OCH3 is 2. The van der Waals surface area contributed by atoms with Crippen LogP contribution in [0, 0.1) is 29.6 Å². The second-order valence-electron chi connectivity index (χ2n) is 33.6. The molecule has 4 N–H and O–H groups in total. The fourth-order valence-corrected chi connectivity index (χ4v) is 18.6. The standard InChI is InChI=1S/C48H59F2N7O7.C39H42F2N4O4/c1-24(2)42(54-47(59)61-7)27(6)57-26(5)9-14-39(57)44-51-20-38(53-44)30-10-12-32-31(16-30)23-63-41-19-33-29(17-35(32)41)11-13-36-34(33)18-37(52-36)40-15-28(22-64-46(49)50)21-56(40)45(58)43(25(3)4)55-48(60)62-8;1-21-5-6-25(11-21)36-42-17-33(44-36)24-7-9-27-26(13-24)20-47-35-16-28-23(14-30(27)35)8-10-31-29(28)15-32(43-31)34-12-22(19-48-37(40)41)18-45(34)38(46)49-39(2,3)4/h10-13,16-17,19-20,24-28,39-40,42-43,46H,9,14-15,18,21-23H2,1-8H3,(H,51,53)(H,54,59)(H,55,60);7-10,13-14,16-17,21-22,25,34,37H,5-6,11-12,15,18-20H2,1-4H3,(H,42,44)/t26-,27?,28-,39-,40-,42-,43-;21-,22-,25+,34-/m00/s1. The van der Waals surface area contributed by atoms with Crippen LogP contribution < -0.4 is 20.1 Å². The molecule has 1 saturated carbocycles. The van der Waals surface area contributed by atoms with Gasteiger partial charge < -0.3 is 58.7 Å². The summed E-state index contributed by atoms with van der Waals surface area (Å²) in [5, 5.41) is 9.87. The zero-order valence-corrected chi connectivity index (χ0v) is 66.1. The molecule has 4 amide bonds. The summed E-state index contributed by atoms with van der Waals surface area (Å²) in [5.41, 5.74) is 15.2. The van der Waals surface area contributed by atoms with Crippen molar-refractivity contribution in [3.05, 3.63) is 131 Å². The van der Waals surface area contributed by atoms with E-state index in [9.17, 15) is 36.7 Å². The molecule has 16 rings (SSSR count). The van der Waals surface area contributed by atoms with Gasteiger partial charge in [-0.1, -0.05) is 71.0 Å². The first-order valence-electron chi connectivity index (χ1n) is 39.7. The molecular formula is C87H101F4N11O11. The van der Waals surface area contributed by atoms with E-state index in [-0.39, 0.29) is 80.0 Å². The lowest BCUT2D eigenvalue weighted by atomic mass is 9.90. The second kappa shape index (κ2) is 32.2. The smallest absolute Gasteiger partial charge is 0.410 e. The highest BCUT2D eigenvalue weighted by molar-refractivity contribution is 6.08. The van der Waals surface area contributed by atoms with Crippen molar-refractivity contribution < 1.29 is 69.9 Å². The van der Waals surface area contributed by atoms with Crippen molar-refractivity contribution in [2.24, 2.45) is 39.6 Å². The molecule has 0 spiro atoms. The molecule has 113 heavy (non-hydrogen) atoms. The quantitative estimate of drug-likeness (QED) is 0.0434. The first kappa shape index (κ1) is 78.4. The van der Waals surface area contributed by atoms with Gasteiger partial charge in [0.05, 0.1) is 80.7 Å².